The van der Waals surface area contributed by atoms with Crippen LogP contribution in [0.15, 0.2) is 18.2 Å². The Bertz CT molecular complexity index is 545. The second kappa shape index (κ2) is 6.22. The number of hydrogen-bond acceptors (Lipinski definition) is 3. The minimum atomic E-state index is -4.17. The molecule has 0 amide bonds. The van der Waals surface area contributed by atoms with Gasteiger partial charge in [-0.25, -0.2) is 0 Å². The minimum absolute atomic E-state index is 0.0262. The molecule has 0 saturated heterocycles. The van der Waals surface area contributed by atoms with Crippen molar-refractivity contribution in [2.75, 3.05) is 0 Å². The van der Waals surface area contributed by atoms with Gasteiger partial charge in [0.25, 0.3) is 0 Å². The van der Waals surface area contributed by atoms with Gasteiger partial charge < -0.3 is 19.3 Å². The monoisotopic (exact) mass is 332 g/mol. The molecule has 0 heterocycles. The van der Waals surface area contributed by atoms with Crippen molar-refractivity contribution >= 4 is 15.9 Å². The standard InChI is InChI=1S/C14H25O5PSi/c1-14(2,3)21(4,5)19-13-8-11(9-15)6-7-12(13)10-20(16,17)18/h6-8,15H,9-10H2,1-5H3,(H2,16,17,18). The molecule has 1 rings (SSSR count). The zero-order valence-electron chi connectivity index (χ0n) is 13.3. The zero-order chi connectivity index (χ0) is 16.5. The van der Waals surface area contributed by atoms with E-state index in [1.807, 2.05) is 0 Å². The fourth-order valence-corrected chi connectivity index (χ4v) is 3.32. The van der Waals surface area contributed by atoms with Gasteiger partial charge in [0.15, 0.2) is 0 Å². The highest BCUT2D eigenvalue weighted by atomic mass is 31.2. The van der Waals surface area contributed by atoms with E-state index in [4.69, 9.17) is 4.43 Å². The molecule has 120 valence electrons. The van der Waals surface area contributed by atoms with E-state index in [-0.39, 0.29) is 17.8 Å². The molecule has 0 bridgehead atoms. The van der Waals surface area contributed by atoms with E-state index < -0.39 is 15.9 Å². The van der Waals surface area contributed by atoms with Crippen molar-refractivity contribution in [1.82, 2.24) is 0 Å². The van der Waals surface area contributed by atoms with Crippen molar-refractivity contribution < 1.29 is 23.9 Å². The molecule has 0 aliphatic heterocycles. The lowest BCUT2D eigenvalue weighted by molar-refractivity contribution is 0.281. The molecule has 0 aliphatic rings. The van der Waals surface area contributed by atoms with Crippen LogP contribution in [0.25, 0.3) is 0 Å². The Balaban J connectivity index is 3.22. The Morgan fingerprint density at radius 3 is 2.24 bits per heavy atom. The van der Waals surface area contributed by atoms with E-state index in [0.29, 0.717) is 16.9 Å². The summed E-state index contributed by atoms with van der Waals surface area (Å²) in [5.74, 6) is 0.469. The van der Waals surface area contributed by atoms with Crippen LogP contribution < -0.4 is 4.43 Å². The highest BCUT2D eigenvalue weighted by Gasteiger charge is 2.39. The minimum Gasteiger partial charge on any atom is -0.543 e. The van der Waals surface area contributed by atoms with Crippen LogP contribution in [0, 0.1) is 0 Å². The van der Waals surface area contributed by atoms with E-state index in [1.54, 1.807) is 18.2 Å². The van der Waals surface area contributed by atoms with Crippen LogP contribution in [0.2, 0.25) is 18.1 Å². The van der Waals surface area contributed by atoms with Gasteiger partial charge in [0.2, 0.25) is 8.32 Å². The summed E-state index contributed by atoms with van der Waals surface area (Å²) in [4.78, 5) is 18.4. The first-order valence-corrected chi connectivity index (χ1v) is 11.5. The van der Waals surface area contributed by atoms with Crippen LogP contribution >= 0.6 is 7.60 Å². The normalized spacial score (nSPS) is 13.3. The number of aliphatic hydroxyl groups excluding tert-OH is 1. The van der Waals surface area contributed by atoms with Crippen molar-refractivity contribution in [3.05, 3.63) is 29.3 Å². The van der Waals surface area contributed by atoms with E-state index in [1.165, 1.54) is 0 Å². The summed E-state index contributed by atoms with van der Waals surface area (Å²) in [6.45, 7) is 10.3. The largest absolute Gasteiger partial charge is 0.543 e. The molecular weight excluding hydrogens is 307 g/mol. The lowest BCUT2D eigenvalue weighted by Crippen LogP contribution is -2.44. The van der Waals surface area contributed by atoms with Crippen LogP contribution in [-0.4, -0.2) is 23.2 Å². The average molecular weight is 332 g/mol. The van der Waals surface area contributed by atoms with Gasteiger partial charge in [0.1, 0.15) is 5.75 Å². The van der Waals surface area contributed by atoms with Gasteiger partial charge >= 0.3 is 7.60 Å². The van der Waals surface area contributed by atoms with Crippen LogP contribution in [0.5, 0.6) is 5.75 Å². The van der Waals surface area contributed by atoms with Crippen molar-refractivity contribution in [2.45, 2.75) is 51.7 Å². The molecule has 3 N–H and O–H groups in total. The predicted octanol–water partition coefficient (Wildman–Crippen LogP) is 3.24. The lowest BCUT2D eigenvalue weighted by Gasteiger charge is -2.37. The lowest BCUT2D eigenvalue weighted by atomic mass is 10.1. The third kappa shape index (κ3) is 5.24. The number of aliphatic hydroxyl groups is 1. The highest BCUT2D eigenvalue weighted by Crippen LogP contribution is 2.44. The average Bonchev–Trinajstić information content (AvgIpc) is 2.27. The number of rotatable bonds is 5. The molecule has 0 aromatic heterocycles. The summed E-state index contributed by atoms with van der Waals surface area (Å²) >= 11 is 0. The smallest absolute Gasteiger partial charge is 0.330 e. The first-order chi connectivity index (χ1) is 9.36. The fraction of sp³-hybridized carbons (Fsp3) is 0.571. The Hall–Kier alpha value is -0.653. The first kappa shape index (κ1) is 18.4. The summed E-state index contributed by atoms with van der Waals surface area (Å²) in [6.07, 6.45) is -0.358. The second-order valence-electron chi connectivity index (χ2n) is 6.79. The quantitative estimate of drug-likeness (QED) is 0.569. The maximum Gasteiger partial charge on any atom is 0.330 e. The van der Waals surface area contributed by atoms with Crippen molar-refractivity contribution in [2.24, 2.45) is 0 Å². The molecule has 7 heteroatoms. The Kier molecular flexibility index (Phi) is 5.45. The van der Waals surface area contributed by atoms with Crippen molar-refractivity contribution in [1.29, 1.82) is 0 Å². The van der Waals surface area contributed by atoms with E-state index in [9.17, 15) is 19.5 Å². The number of benzene rings is 1. The molecule has 21 heavy (non-hydrogen) atoms. The third-order valence-electron chi connectivity index (χ3n) is 3.86. The van der Waals surface area contributed by atoms with Gasteiger partial charge in [-0.3, -0.25) is 4.57 Å². The Labute approximate surface area is 127 Å². The van der Waals surface area contributed by atoms with Gasteiger partial charge in [0, 0.05) is 5.56 Å². The van der Waals surface area contributed by atoms with Crippen LogP contribution in [-0.2, 0) is 17.3 Å². The molecule has 1 aromatic carbocycles. The molecule has 0 aliphatic carbocycles. The topological polar surface area (TPSA) is 87.0 Å². The molecule has 0 spiro atoms. The zero-order valence-corrected chi connectivity index (χ0v) is 15.1. The van der Waals surface area contributed by atoms with E-state index >= 15 is 0 Å². The molecule has 0 fully saturated rings. The Morgan fingerprint density at radius 1 is 1.24 bits per heavy atom. The van der Waals surface area contributed by atoms with Gasteiger partial charge in [-0.15, -0.1) is 0 Å². The molecule has 5 nitrogen and oxygen atoms in total. The van der Waals surface area contributed by atoms with Crippen LogP contribution in [0.1, 0.15) is 31.9 Å². The maximum atomic E-state index is 11.3. The van der Waals surface area contributed by atoms with Crippen LogP contribution in [0.3, 0.4) is 0 Å². The van der Waals surface area contributed by atoms with Crippen LogP contribution in [0.4, 0.5) is 0 Å². The second-order valence-corrected chi connectivity index (χ2v) is 13.2. The molecular formula is C14H25O5PSi. The molecule has 0 radical (unpaired) electrons. The summed E-state index contributed by atoms with van der Waals surface area (Å²) < 4.78 is 17.4. The Morgan fingerprint density at radius 2 is 1.81 bits per heavy atom. The van der Waals surface area contributed by atoms with Gasteiger partial charge in [-0.2, -0.15) is 0 Å². The molecule has 0 saturated carbocycles. The summed E-state index contributed by atoms with van der Waals surface area (Å²) in [7, 11) is -6.29. The summed E-state index contributed by atoms with van der Waals surface area (Å²) in [5.41, 5.74) is 1.14. The van der Waals surface area contributed by atoms with Gasteiger partial charge in [-0.05, 0) is 29.8 Å². The fourth-order valence-electron chi connectivity index (χ4n) is 1.57. The van der Waals surface area contributed by atoms with Crippen molar-refractivity contribution in [3.8, 4) is 5.75 Å². The van der Waals surface area contributed by atoms with E-state index in [0.717, 1.165) is 0 Å². The predicted molar refractivity (Wildman–Crippen MR) is 85.9 cm³/mol. The molecule has 1 aromatic rings. The third-order valence-corrected chi connectivity index (χ3v) is 8.96. The van der Waals surface area contributed by atoms with Gasteiger partial charge in [0.05, 0.1) is 12.8 Å². The van der Waals surface area contributed by atoms with Crippen molar-refractivity contribution in [3.63, 3.8) is 0 Å². The molecule has 0 atom stereocenters. The highest BCUT2D eigenvalue weighted by molar-refractivity contribution is 7.50. The van der Waals surface area contributed by atoms with E-state index in [2.05, 4.69) is 33.9 Å². The maximum absolute atomic E-state index is 11.3. The molecule has 0 unspecified atom stereocenters. The summed E-state index contributed by atoms with van der Waals surface area (Å²) in [5, 5.41) is 9.22. The SMILES string of the molecule is CC(C)(C)[Si](C)(C)Oc1cc(CO)ccc1CP(=O)(O)O. The number of hydrogen-bond donors (Lipinski definition) is 3. The summed E-state index contributed by atoms with van der Waals surface area (Å²) in [6, 6.07) is 4.95. The van der Waals surface area contributed by atoms with Gasteiger partial charge in [-0.1, -0.05) is 32.9 Å². The first-order valence-electron chi connectivity index (χ1n) is 6.82.